The van der Waals surface area contributed by atoms with Crippen LogP contribution in [0.25, 0.3) is 0 Å². The van der Waals surface area contributed by atoms with Crippen molar-refractivity contribution in [1.82, 2.24) is 4.98 Å². The predicted molar refractivity (Wildman–Crippen MR) is 59.9 cm³/mol. The molecule has 1 aliphatic heterocycles. The summed E-state index contributed by atoms with van der Waals surface area (Å²) in [6, 6.07) is 4.91. The third kappa shape index (κ3) is 2.32. The fourth-order valence-corrected chi connectivity index (χ4v) is 1.58. The number of aromatic nitrogens is 1. The molecule has 1 aliphatic rings. The summed E-state index contributed by atoms with van der Waals surface area (Å²) < 4.78 is 0. The zero-order valence-electron chi connectivity index (χ0n) is 9.01. The van der Waals surface area contributed by atoms with E-state index in [9.17, 15) is 9.59 Å². The Balaban J connectivity index is 2.33. The zero-order valence-corrected chi connectivity index (χ0v) is 9.01. The second kappa shape index (κ2) is 4.76. The van der Waals surface area contributed by atoms with Gasteiger partial charge in [0.2, 0.25) is 11.8 Å². The number of carbonyl (C=O) groups excluding carboxylic acids is 2. The van der Waals surface area contributed by atoms with E-state index in [0.29, 0.717) is 11.5 Å². The van der Waals surface area contributed by atoms with Crippen molar-refractivity contribution in [2.45, 2.75) is 12.8 Å². The summed E-state index contributed by atoms with van der Waals surface area (Å²) in [6.45, 7) is -0.256. The summed E-state index contributed by atoms with van der Waals surface area (Å²) >= 11 is 0. The molecule has 2 heterocycles. The molecule has 1 fully saturated rings. The quantitative estimate of drug-likeness (QED) is 0.548. The highest BCUT2D eigenvalue weighted by Gasteiger charge is 2.31. The van der Waals surface area contributed by atoms with Crippen molar-refractivity contribution in [2.24, 2.45) is 0 Å². The summed E-state index contributed by atoms with van der Waals surface area (Å²) in [4.78, 5) is 28.2. The number of imide groups is 1. The number of aliphatic hydroxyl groups is 1. The molecular weight excluding hydrogens is 220 g/mol. The van der Waals surface area contributed by atoms with E-state index in [4.69, 9.17) is 5.11 Å². The first-order valence-corrected chi connectivity index (χ1v) is 5.15. The second-order valence-electron chi connectivity index (χ2n) is 3.46. The maximum absolute atomic E-state index is 11.5. The monoisotopic (exact) mass is 230 g/mol. The number of nitrogens with zero attached hydrogens (tertiary/aromatic N) is 2. The van der Waals surface area contributed by atoms with Gasteiger partial charge in [0.05, 0.1) is 0 Å². The van der Waals surface area contributed by atoms with Crippen LogP contribution in [-0.2, 0) is 9.59 Å². The van der Waals surface area contributed by atoms with Crippen LogP contribution in [-0.4, -0.2) is 28.5 Å². The van der Waals surface area contributed by atoms with Crippen LogP contribution in [0, 0.1) is 11.8 Å². The summed E-state index contributed by atoms with van der Waals surface area (Å²) in [5.41, 5.74) is 0.420. The van der Waals surface area contributed by atoms with Crippen LogP contribution in [0.1, 0.15) is 18.5 Å². The van der Waals surface area contributed by atoms with Gasteiger partial charge in [0.1, 0.15) is 18.1 Å². The van der Waals surface area contributed by atoms with Crippen molar-refractivity contribution >= 4 is 17.6 Å². The Kier molecular flexibility index (Phi) is 3.17. The Labute approximate surface area is 98.1 Å². The Morgan fingerprint density at radius 3 is 2.65 bits per heavy atom. The van der Waals surface area contributed by atoms with Crippen molar-refractivity contribution in [3.8, 4) is 11.8 Å². The molecule has 17 heavy (non-hydrogen) atoms. The molecule has 0 spiro atoms. The van der Waals surface area contributed by atoms with Crippen LogP contribution in [0.5, 0.6) is 0 Å². The van der Waals surface area contributed by atoms with Crippen molar-refractivity contribution in [2.75, 3.05) is 11.5 Å². The van der Waals surface area contributed by atoms with Gasteiger partial charge >= 0.3 is 0 Å². The van der Waals surface area contributed by atoms with Gasteiger partial charge in [0.15, 0.2) is 0 Å². The molecular formula is C12H10N2O3. The van der Waals surface area contributed by atoms with Crippen LogP contribution in [0.15, 0.2) is 18.2 Å². The lowest BCUT2D eigenvalue weighted by Crippen LogP contribution is -2.29. The molecule has 0 atom stereocenters. The topological polar surface area (TPSA) is 70.5 Å². The normalized spacial score (nSPS) is 14.8. The number of carbonyl (C=O) groups is 2. The van der Waals surface area contributed by atoms with E-state index in [1.807, 2.05) is 0 Å². The fourth-order valence-electron chi connectivity index (χ4n) is 1.58. The average Bonchev–Trinajstić information content (AvgIpc) is 2.67. The minimum absolute atomic E-state index is 0.229. The van der Waals surface area contributed by atoms with Crippen molar-refractivity contribution in [1.29, 1.82) is 0 Å². The number of amides is 2. The fraction of sp³-hybridized carbons (Fsp3) is 0.250. The number of hydrogen-bond donors (Lipinski definition) is 1. The minimum atomic E-state index is -0.256. The molecule has 1 aromatic rings. The molecule has 0 unspecified atom stereocenters. The third-order valence-corrected chi connectivity index (χ3v) is 2.31. The first kappa shape index (κ1) is 11.3. The molecule has 1 N–H and O–H groups in total. The van der Waals surface area contributed by atoms with Crippen LogP contribution >= 0.6 is 0 Å². The van der Waals surface area contributed by atoms with Crippen molar-refractivity contribution in [3.63, 3.8) is 0 Å². The number of hydrogen-bond acceptors (Lipinski definition) is 4. The molecule has 0 saturated carbocycles. The van der Waals surface area contributed by atoms with Gasteiger partial charge in [-0.05, 0) is 18.1 Å². The van der Waals surface area contributed by atoms with E-state index in [0.717, 1.165) is 4.90 Å². The molecule has 0 aliphatic carbocycles. The SMILES string of the molecule is O=C1CCC(=O)N1c1cccc(C#CCO)n1. The average molecular weight is 230 g/mol. The second-order valence-corrected chi connectivity index (χ2v) is 3.46. The van der Waals surface area contributed by atoms with Gasteiger partial charge in [-0.25, -0.2) is 9.88 Å². The Morgan fingerprint density at radius 2 is 2.00 bits per heavy atom. The van der Waals surface area contributed by atoms with Gasteiger partial charge in [-0.15, -0.1) is 0 Å². The van der Waals surface area contributed by atoms with Gasteiger partial charge in [0, 0.05) is 12.8 Å². The summed E-state index contributed by atoms with van der Waals surface area (Å²) in [6.07, 6.45) is 0.458. The lowest BCUT2D eigenvalue weighted by molar-refractivity contribution is -0.121. The molecule has 0 aromatic carbocycles. The lowest BCUT2D eigenvalue weighted by atomic mass is 10.3. The number of aliphatic hydroxyl groups excluding tert-OH is 1. The molecule has 86 valence electrons. The highest BCUT2D eigenvalue weighted by atomic mass is 16.2. The van der Waals surface area contributed by atoms with Crippen LogP contribution in [0.2, 0.25) is 0 Å². The number of pyridine rings is 1. The van der Waals surface area contributed by atoms with E-state index in [2.05, 4.69) is 16.8 Å². The highest BCUT2D eigenvalue weighted by Crippen LogP contribution is 2.20. The molecule has 0 bridgehead atoms. The van der Waals surface area contributed by atoms with E-state index in [1.165, 1.54) is 0 Å². The molecule has 2 amide bonds. The minimum Gasteiger partial charge on any atom is -0.384 e. The summed E-state index contributed by atoms with van der Waals surface area (Å²) in [5.74, 6) is 4.90. The van der Waals surface area contributed by atoms with Crippen LogP contribution < -0.4 is 4.90 Å². The van der Waals surface area contributed by atoms with Gasteiger partial charge in [0.25, 0.3) is 0 Å². The Bertz CT molecular complexity index is 512. The maximum Gasteiger partial charge on any atom is 0.235 e. The molecule has 1 saturated heterocycles. The lowest BCUT2D eigenvalue weighted by Gasteiger charge is -2.12. The molecule has 5 heteroatoms. The highest BCUT2D eigenvalue weighted by molar-refractivity contribution is 6.19. The smallest absolute Gasteiger partial charge is 0.235 e. The standard InChI is InChI=1S/C12H10N2O3/c15-8-2-4-9-3-1-5-10(13-9)14-11(16)6-7-12(14)17/h1,3,5,15H,6-8H2. The molecule has 1 aromatic heterocycles. The van der Waals surface area contributed by atoms with Crippen LogP contribution in [0.4, 0.5) is 5.82 Å². The van der Waals surface area contributed by atoms with E-state index in [-0.39, 0.29) is 31.3 Å². The number of anilines is 1. The molecule has 0 radical (unpaired) electrons. The Morgan fingerprint density at radius 1 is 1.29 bits per heavy atom. The van der Waals surface area contributed by atoms with E-state index in [1.54, 1.807) is 18.2 Å². The zero-order chi connectivity index (χ0) is 12.3. The van der Waals surface area contributed by atoms with Crippen LogP contribution in [0.3, 0.4) is 0 Å². The first-order chi connectivity index (χ1) is 8.22. The summed E-state index contributed by atoms with van der Waals surface area (Å²) in [5, 5.41) is 8.57. The largest absolute Gasteiger partial charge is 0.384 e. The first-order valence-electron chi connectivity index (χ1n) is 5.15. The van der Waals surface area contributed by atoms with E-state index >= 15 is 0 Å². The maximum atomic E-state index is 11.5. The van der Waals surface area contributed by atoms with Crippen molar-refractivity contribution < 1.29 is 14.7 Å². The predicted octanol–water partition coefficient (Wildman–Crippen LogP) is 0.0788. The van der Waals surface area contributed by atoms with Gasteiger partial charge < -0.3 is 5.11 Å². The van der Waals surface area contributed by atoms with Crippen molar-refractivity contribution in [3.05, 3.63) is 23.9 Å². The third-order valence-electron chi connectivity index (χ3n) is 2.31. The van der Waals surface area contributed by atoms with E-state index < -0.39 is 0 Å². The molecule has 2 rings (SSSR count). The molecule has 5 nitrogen and oxygen atoms in total. The summed E-state index contributed by atoms with van der Waals surface area (Å²) in [7, 11) is 0. The van der Waals surface area contributed by atoms with Gasteiger partial charge in [-0.2, -0.15) is 0 Å². The van der Waals surface area contributed by atoms with Gasteiger partial charge in [-0.1, -0.05) is 12.0 Å². The Hall–Kier alpha value is -2.19. The number of rotatable bonds is 1. The van der Waals surface area contributed by atoms with Gasteiger partial charge in [-0.3, -0.25) is 9.59 Å².